The van der Waals surface area contributed by atoms with Gasteiger partial charge in [0.25, 0.3) is 5.91 Å². The Morgan fingerprint density at radius 1 is 1.06 bits per heavy atom. The summed E-state index contributed by atoms with van der Waals surface area (Å²) in [6, 6.07) is 15.1. The molecule has 386 valence electrons. The number of carbonyl (C=O) groups is 5. The fourth-order valence-electron chi connectivity index (χ4n) is 11.6. The number of hydrogen-bond acceptors (Lipinski definition) is 10. The molecule has 0 saturated carbocycles. The first-order valence-electron chi connectivity index (χ1n) is 25.8. The summed E-state index contributed by atoms with van der Waals surface area (Å²) in [6.45, 7) is 19.6. The van der Waals surface area contributed by atoms with E-state index >= 15 is 0 Å². The summed E-state index contributed by atoms with van der Waals surface area (Å²) in [7, 11) is 6.36. The van der Waals surface area contributed by atoms with Gasteiger partial charge in [0.15, 0.2) is 0 Å². The summed E-state index contributed by atoms with van der Waals surface area (Å²) in [5, 5.41) is 3.86. The standard InChI is InChI=1S/C55H76N8O7Si2/c1-11-45(64)61-24-21-54(71,31-61)51(67)60(9)47(33(3)4)49(65)57-43-26-35-15-13-16-36(25-35)37-17-18-44-39(27-37)41(29-53(6,7)32-70-52(68)55(72)20-14-22-63(58-55)50(43)66)48(62(44)12-2)40-28-38-30-59(8)23-19-42(38)56-46(40)34(5)69-10/h11,13,15-18,25,27-28,33-34,43,47,58H,1,12,14,19-24,26,29-32H2,2-10,71-72H3,(H,57,65)/t34-,43-,47-,54?,55-/m0/s1. The van der Waals surface area contributed by atoms with Gasteiger partial charge in [-0.1, -0.05) is 64.6 Å². The zero-order chi connectivity index (χ0) is 52.0. The summed E-state index contributed by atoms with van der Waals surface area (Å²) < 4.78 is 14.8. The number of hydrogen-bond donors (Lipinski definition) is 2. The van der Waals surface area contributed by atoms with Gasteiger partial charge in [0.05, 0.1) is 29.1 Å². The van der Waals surface area contributed by atoms with Crippen molar-refractivity contribution < 1.29 is 33.4 Å². The first-order valence-corrected chi connectivity index (χ1v) is 27.8. The largest absolute Gasteiger partial charge is 0.464 e. The number of aryl methyl sites for hydroxylation is 1. The lowest BCUT2D eigenvalue weighted by Crippen LogP contribution is -2.67. The van der Waals surface area contributed by atoms with Crippen molar-refractivity contribution in [1.29, 1.82) is 0 Å². The average Bonchev–Trinajstić information content (AvgIpc) is 3.91. The fourth-order valence-corrected chi connectivity index (χ4v) is 13.3. The molecule has 8 rings (SSSR count). The highest BCUT2D eigenvalue weighted by atomic mass is 28.1. The number of esters is 1. The normalized spacial score (nSPS) is 23.6. The molecular weight excluding hydrogens is 941 g/mol. The number of methoxy groups -OCH3 is 1. The molecule has 0 aliphatic carbocycles. The zero-order valence-electron chi connectivity index (χ0n) is 44.4. The number of hydrazine groups is 1. The van der Waals surface area contributed by atoms with Crippen molar-refractivity contribution in [3.63, 3.8) is 0 Å². The van der Waals surface area contributed by atoms with E-state index < -0.39 is 39.6 Å². The average molecular weight is 1020 g/mol. The Bertz CT molecular complexity index is 2790. The molecule has 15 nitrogen and oxygen atoms in total. The molecule has 0 spiro atoms. The second-order valence-corrected chi connectivity index (χ2v) is 26.1. The fraction of sp³-hybridized carbons (Fsp3) is 0.527. The van der Waals surface area contributed by atoms with E-state index in [4.69, 9.17) is 14.5 Å². The third kappa shape index (κ3) is 10.4. The minimum absolute atomic E-state index is 0.144. The van der Waals surface area contributed by atoms with Crippen LogP contribution in [0, 0.1) is 11.3 Å². The predicted molar refractivity (Wildman–Crippen MR) is 288 cm³/mol. The smallest absolute Gasteiger partial charge is 0.323 e. The third-order valence-corrected chi connectivity index (χ3v) is 18.1. The van der Waals surface area contributed by atoms with Gasteiger partial charge in [-0.05, 0) is 105 Å². The summed E-state index contributed by atoms with van der Waals surface area (Å²) >= 11 is 0. The predicted octanol–water partition coefficient (Wildman–Crippen LogP) is 3.85. The molecule has 4 amide bonds. The van der Waals surface area contributed by atoms with Crippen LogP contribution in [0.4, 0.5) is 0 Å². The summed E-state index contributed by atoms with van der Waals surface area (Å²) in [5.74, 6) is -1.94. The molecule has 6 bridgehead atoms. The zero-order valence-corrected chi connectivity index (χ0v) is 48.4. The van der Waals surface area contributed by atoms with Crippen LogP contribution in [-0.2, 0) is 65.8 Å². The van der Waals surface area contributed by atoms with E-state index in [-0.39, 0.29) is 49.3 Å². The lowest BCUT2D eigenvalue weighted by molar-refractivity contribution is -0.158. The molecule has 72 heavy (non-hydrogen) atoms. The molecular formula is C55H76N8O7Si2. The number of likely N-dealkylation sites (N-methyl/N-ethyl adjacent to an activating group) is 2. The van der Waals surface area contributed by atoms with Crippen molar-refractivity contribution in [2.75, 3.05) is 54.0 Å². The van der Waals surface area contributed by atoms with Crippen LogP contribution in [0.3, 0.4) is 0 Å². The molecule has 1 unspecified atom stereocenters. The number of cyclic esters (lactones) is 1. The number of carbonyl (C=O) groups excluding carboxylic acids is 5. The van der Waals surface area contributed by atoms with Crippen LogP contribution >= 0.6 is 0 Å². The lowest BCUT2D eigenvalue weighted by Gasteiger charge is -2.42. The molecule has 2 aromatic heterocycles. The van der Waals surface area contributed by atoms with Gasteiger partial charge in [-0.25, -0.2) is 5.43 Å². The van der Waals surface area contributed by atoms with Crippen molar-refractivity contribution in [3.8, 4) is 22.4 Å². The highest BCUT2D eigenvalue weighted by molar-refractivity contribution is 6.29. The number of likely N-dealkylation sites (tertiary alicyclic amines) is 1. The summed E-state index contributed by atoms with van der Waals surface area (Å²) in [4.78, 5) is 82.0. The number of aromatic nitrogens is 2. The molecule has 4 aromatic rings. The van der Waals surface area contributed by atoms with Crippen LogP contribution in [0.15, 0.2) is 61.2 Å². The summed E-state index contributed by atoms with van der Waals surface area (Å²) in [6.07, 6.45) is 4.19. The molecule has 6 heterocycles. The van der Waals surface area contributed by atoms with Gasteiger partial charge < -0.3 is 34.1 Å². The molecule has 5 atom stereocenters. The van der Waals surface area contributed by atoms with E-state index in [0.717, 1.165) is 75.3 Å². The second-order valence-electron chi connectivity index (χ2n) is 22.5. The van der Waals surface area contributed by atoms with Crippen LogP contribution in [-0.4, -0.2) is 151 Å². The number of nitrogens with zero attached hydrogens (tertiary/aromatic N) is 6. The van der Waals surface area contributed by atoms with Gasteiger partial charge in [0, 0.05) is 114 Å². The Morgan fingerprint density at radius 2 is 1.81 bits per heavy atom. The number of pyridine rings is 1. The van der Waals surface area contributed by atoms with Crippen molar-refractivity contribution in [3.05, 3.63) is 89.3 Å². The van der Waals surface area contributed by atoms with Gasteiger partial charge in [-0.2, -0.15) is 0 Å². The van der Waals surface area contributed by atoms with Crippen molar-refractivity contribution >= 4 is 61.0 Å². The van der Waals surface area contributed by atoms with E-state index in [9.17, 15) is 24.0 Å². The molecule has 2 N–H and O–H groups in total. The number of benzene rings is 2. The minimum atomic E-state index is -1.09. The first-order chi connectivity index (χ1) is 34.1. The van der Waals surface area contributed by atoms with Crippen molar-refractivity contribution in [1.82, 2.24) is 40.0 Å². The molecule has 2 saturated heterocycles. The molecule has 0 radical (unpaired) electrons. The quantitative estimate of drug-likeness (QED) is 0.136. The lowest BCUT2D eigenvalue weighted by atomic mass is 9.83. The summed E-state index contributed by atoms with van der Waals surface area (Å²) in [5.41, 5.74) is 13.2. The number of ether oxygens (including phenoxy) is 2. The van der Waals surface area contributed by atoms with Crippen LogP contribution in [0.25, 0.3) is 33.3 Å². The van der Waals surface area contributed by atoms with Crippen molar-refractivity contribution in [2.45, 2.75) is 122 Å². The number of amides is 4. The topological polar surface area (TPSA) is 159 Å². The number of fused-ring (bicyclic) bond motifs is 7. The number of rotatable bonds is 10. The highest BCUT2D eigenvalue weighted by Crippen LogP contribution is 2.43. The van der Waals surface area contributed by atoms with E-state index in [2.05, 4.69) is 97.9 Å². The van der Waals surface area contributed by atoms with Gasteiger partial charge in [-0.15, -0.1) is 0 Å². The van der Waals surface area contributed by atoms with E-state index in [0.29, 0.717) is 65.8 Å². The molecule has 17 heteroatoms. The van der Waals surface area contributed by atoms with Gasteiger partial charge in [0.2, 0.25) is 17.7 Å². The van der Waals surface area contributed by atoms with Crippen LogP contribution < -0.4 is 10.7 Å². The molecule has 4 aliphatic heterocycles. The Hall–Kier alpha value is -5.47. The third-order valence-electron chi connectivity index (χ3n) is 15.7. The molecule has 4 aliphatic rings. The highest BCUT2D eigenvalue weighted by Gasteiger charge is 2.47. The maximum Gasteiger partial charge on any atom is 0.323 e. The van der Waals surface area contributed by atoms with Gasteiger partial charge in [0.1, 0.15) is 17.2 Å². The Balaban J connectivity index is 1.22. The molecule has 2 aromatic carbocycles. The Morgan fingerprint density at radius 3 is 2.51 bits per heavy atom. The number of nitrogens with one attached hydrogen (secondary N) is 2. The van der Waals surface area contributed by atoms with Gasteiger partial charge >= 0.3 is 5.97 Å². The van der Waals surface area contributed by atoms with E-state index in [1.54, 1.807) is 19.1 Å². The monoisotopic (exact) mass is 1020 g/mol. The van der Waals surface area contributed by atoms with Crippen molar-refractivity contribution in [2.24, 2.45) is 11.3 Å². The van der Waals surface area contributed by atoms with Crippen LogP contribution in [0.5, 0.6) is 0 Å². The van der Waals surface area contributed by atoms with Crippen LogP contribution in [0.1, 0.15) is 95.0 Å². The minimum Gasteiger partial charge on any atom is -0.464 e. The van der Waals surface area contributed by atoms with E-state index in [1.165, 1.54) is 21.5 Å². The second kappa shape index (κ2) is 20.8. The Labute approximate surface area is 431 Å². The maximum absolute atomic E-state index is 15.0. The maximum atomic E-state index is 15.0. The van der Waals surface area contributed by atoms with E-state index in [1.807, 2.05) is 26.0 Å². The molecule has 2 fully saturated rings. The van der Waals surface area contributed by atoms with Gasteiger partial charge in [-0.3, -0.25) is 34.0 Å². The van der Waals surface area contributed by atoms with Crippen LogP contribution in [0.2, 0.25) is 5.04 Å². The Kier molecular flexibility index (Phi) is 15.3. The SMILES string of the molecule is C=CC(=O)N1CCC([SiH3])(C(=O)N(C)[C@H](C(=O)N[C@H]2Cc3cccc(c3)-c3ccc4c(c3)c(c(-c3cc5c(nc3[C@H](C)OC)CCN(C)C5)n4CC)CC(C)(C)COC(=O)[C@@]3([SiH3])CCCN(N3)C2=O)C(C)C)C1. The first kappa shape index (κ1) is 52.8.